The van der Waals surface area contributed by atoms with E-state index in [-0.39, 0.29) is 30.4 Å². The minimum absolute atomic E-state index is 0.00909. The first-order valence-corrected chi connectivity index (χ1v) is 7.98. The van der Waals surface area contributed by atoms with Crippen molar-refractivity contribution in [3.05, 3.63) is 30.5 Å². The lowest BCUT2D eigenvalue weighted by molar-refractivity contribution is -0.144. The molecule has 1 saturated heterocycles. The van der Waals surface area contributed by atoms with E-state index in [0.29, 0.717) is 24.6 Å². The Morgan fingerprint density at radius 1 is 1.32 bits per heavy atom. The molecule has 9 nitrogen and oxygen atoms in total. The molecule has 1 fully saturated rings. The molecule has 9 heteroatoms. The van der Waals surface area contributed by atoms with Gasteiger partial charge in [0.25, 0.3) is 0 Å². The maximum absolute atomic E-state index is 12.4. The number of hydrogen-bond acceptors (Lipinski definition) is 7. The van der Waals surface area contributed by atoms with Gasteiger partial charge in [0.2, 0.25) is 5.91 Å². The number of hydrogen-bond donors (Lipinski definition) is 1. The SMILES string of the molecule is CC1CN(C(=O)Cn2cc(Nc3cnc(C#N)cn3)cn2)CC(C)O1. The van der Waals surface area contributed by atoms with Crippen molar-refractivity contribution in [2.75, 3.05) is 18.4 Å². The van der Waals surface area contributed by atoms with Crippen molar-refractivity contribution < 1.29 is 9.53 Å². The van der Waals surface area contributed by atoms with Gasteiger partial charge in [-0.05, 0) is 13.8 Å². The first kappa shape index (κ1) is 16.9. The van der Waals surface area contributed by atoms with Crippen LogP contribution >= 0.6 is 0 Å². The second-order valence-electron chi connectivity index (χ2n) is 6.01. The second-order valence-corrected chi connectivity index (χ2v) is 6.01. The van der Waals surface area contributed by atoms with Gasteiger partial charge >= 0.3 is 0 Å². The molecule has 0 spiro atoms. The lowest BCUT2D eigenvalue weighted by Crippen LogP contribution is -2.49. The van der Waals surface area contributed by atoms with Crippen molar-refractivity contribution in [3.63, 3.8) is 0 Å². The van der Waals surface area contributed by atoms with E-state index in [1.807, 2.05) is 19.9 Å². The summed E-state index contributed by atoms with van der Waals surface area (Å²) in [4.78, 5) is 22.3. The van der Waals surface area contributed by atoms with E-state index >= 15 is 0 Å². The minimum atomic E-state index is 0.00909. The fraction of sp³-hybridized carbons (Fsp3) is 0.438. The van der Waals surface area contributed by atoms with E-state index in [2.05, 4.69) is 20.4 Å². The Morgan fingerprint density at radius 2 is 2.08 bits per heavy atom. The monoisotopic (exact) mass is 341 g/mol. The average Bonchev–Trinajstić information content (AvgIpc) is 3.01. The van der Waals surface area contributed by atoms with Crippen LogP contribution in [0.25, 0.3) is 0 Å². The van der Waals surface area contributed by atoms with Gasteiger partial charge in [-0.1, -0.05) is 0 Å². The molecule has 2 aromatic heterocycles. The quantitative estimate of drug-likeness (QED) is 0.881. The summed E-state index contributed by atoms with van der Waals surface area (Å²) in [5.74, 6) is 0.510. The molecule has 2 unspecified atom stereocenters. The number of aromatic nitrogens is 4. The number of nitrogens with one attached hydrogen (secondary N) is 1. The summed E-state index contributed by atoms with van der Waals surface area (Å²) in [7, 11) is 0. The molecule has 25 heavy (non-hydrogen) atoms. The second kappa shape index (κ2) is 7.27. The molecule has 0 aromatic carbocycles. The Morgan fingerprint density at radius 3 is 2.72 bits per heavy atom. The number of amides is 1. The highest BCUT2D eigenvalue weighted by atomic mass is 16.5. The highest BCUT2D eigenvalue weighted by Gasteiger charge is 2.25. The smallest absolute Gasteiger partial charge is 0.244 e. The fourth-order valence-corrected chi connectivity index (χ4v) is 2.73. The zero-order chi connectivity index (χ0) is 17.8. The Labute approximate surface area is 145 Å². The minimum Gasteiger partial charge on any atom is -0.372 e. The Bertz CT molecular complexity index is 771. The fourth-order valence-electron chi connectivity index (χ4n) is 2.73. The molecular weight excluding hydrogens is 322 g/mol. The molecule has 1 N–H and O–H groups in total. The van der Waals surface area contributed by atoms with Gasteiger partial charge in [0.05, 0.1) is 36.5 Å². The van der Waals surface area contributed by atoms with E-state index in [4.69, 9.17) is 10.00 Å². The summed E-state index contributed by atoms with van der Waals surface area (Å²) < 4.78 is 7.22. The number of nitriles is 1. The first-order chi connectivity index (χ1) is 12.0. The number of rotatable bonds is 4. The molecule has 2 atom stereocenters. The van der Waals surface area contributed by atoms with Gasteiger partial charge in [-0.2, -0.15) is 10.4 Å². The molecule has 130 valence electrons. The summed E-state index contributed by atoms with van der Waals surface area (Å²) in [6.07, 6.45) is 6.27. The number of morpholine rings is 1. The number of ether oxygens (including phenoxy) is 1. The molecule has 0 saturated carbocycles. The van der Waals surface area contributed by atoms with Crippen molar-refractivity contribution in [1.82, 2.24) is 24.6 Å². The van der Waals surface area contributed by atoms with Crippen LogP contribution in [0.3, 0.4) is 0 Å². The van der Waals surface area contributed by atoms with Gasteiger partial charge in [0, 0.05) is 19.3 Å². The lowest BCUT2D eigenvalue weighted by atomic mass is 10.2. The third-order valence-electron chi connectivity index (χ3n) is 3.74. The predicted molar refractivity (Wildman–Crippen MR) is 88.8 cm³/mol. The molecule has 0 aliphatic carbocycles. The molecule has 0 bridgehead atoms. The van der Waals surface area contributed by atoms with E-state index in [9.17, 15) is 4.79 Å². The zero-order valence-corrected chi connectivity index (χ0v) is 14.1. The molecule has 1 amide bonds. The molecular formula is C16H19N7O2. The van der Waals surface area contributed by atoms with E-state index in [1.54, 1.807) is 22.0 Å². The summed E-state index contributed by atoms with van der Waals surface area (Å²) in [6.45, 7) is 5.28. The zero-order valence-electron chi connectivity index (χ0n) is 14.1. The normalized spacial score (nSPS) is 20.1. The van der Waals surface area contributed by atoms with Crippen LogP contribution in [0.2, 0.25) is 0 Å². The molecule has 2 aromatic rings. The average molecular weight is 341 g/mol. The van der Waals surface area contributed by atoms with Crippen LogP contribution in [0, 0.1) is 11.3 Å². The van der Waals surface area contributed by atoms with Crippen molar-refractivity contribution in [1.29, 1.82) is 5.26 Å². The first-order valence-electron chi connectivity index (χ1n) is 7.98. The topological polar surface area (TPSA) is 109 Å². The van der Waals surface area contributed by atoms with Crippen molar-refractivity contribution in [2.24, 2.45) is 0 Å². The summed E-state index contributed by atoms with van der Waals surface area (Å²) in [5.41, 5.74) is 0.941. The van der Waals surface area contributed by atoms with Crippen LogP contribution < -0.4 is 5.32 Å². The molecule has 3 heterocycles. The number of anilines is 2. The van der Waals surface area contributed by atoms with Gasteiger partial charge in [-0.15, -0.1) is 0 Å². The summed E-state index contributed by atoms with van der Waals surface area (Å²) in [6, 6.07) is 1.91. The Balaban J connectivity index is 1.59. The van der Waals surface area contributed by atoms with E-state index < -0.39 is 0 Å². The summed E-state index contributed by atoms with van der Waals surface area (Å²) >= 11 is 0. The van der Waals surface area contributed by atoms with Gasteiger partial charge in [-0.25, -0.2) is 9.97 Å². The lowest BCUT2D eigenvalue weighted by Gasteiger charge is -2.35. The molecule has 1 aliphatic rings. The molecule has 1 aliphatic heterocycles. The number of carbonyl (C=O) groups excluding carboxylic acids is 1. The van der Waals surface area contributed by atoms with Crippen LogP contribution in [-0.2, 0) is 16.1 Å². The van der Waals surface area contributed by atoms with Crippen LogP contribution in [0.1, 0.15) is 19.5 Å². The van der Waals surface area contributed by atoms with Gasteiger partial charge in [-0.3, -0.25) is 9.48 Å². The van der Waals surface area contributed by atoms with Crippen LogP contribution in [0.5, 0.6) is 0 Å². The highest BCUT2D eigenvalue weighted by Crippen LogP contribution is 2.14. The Kier molecular flexibility index (Phi) is 4.90. The number of carbonyl (C=O) groups is 1. The maximum Gasteiger partial charge on any atom is 0.244 e. The van der Waals surface area contributed by atoms with Crippen molar-refractivity contribution >= 4 is 17.4 Å². The van der Waals surface area contributed by atoms with Crippen molar-refractivity contribution in [2.45, 2.75) is 32.6 Å². The third-order valence-corrected chi connectivity index (χ3v) is 3.74. The third kappa shape index (κ3) is 4.30. The highest BCUT2D eigenvalue weighted by molar-refractivity contribution is 5.76. The van der Waals surface area contributed by atoms with E-state index in [0.717, 1.165) is 0 Å². The van der Waals surface area contributed by atoms with Crippen LogP contribution in [0.4, 0.5) is 11.5 Å². The van der Waals surface area contributed by atoms with Gasteiger partial charge in [0.15, 0.2) is 5.69 Å². The Hall–Kier alpha value is -2.99. The molecule has 0 radical (unpaired) electrons. The largest absolute Gasteiger partial charge is 0.372 e. The standard InChI is InChI=1S/C16H19N7O2/c1-11-7-22(8-12(2)25-11)16(24)10-23-9-14(5-20-23)21-15-6-18-13(3-17)4-19-15/h4-6,9,11-12H,7-8,10H2,1-2H3,(H,19,21). The van der Waals surface area contributed by atoms with Gasteiger partial charge < -0.3 is 15.0 Å². The van der Waals surface area contributed by atoms with Crippen LogP contribution in [-0.4, -0.2) is 55.9 Å². The van der Waals surface area contributed by atoms with Crippen molar-refractivity contribution in [3.8, 4) is 6.07 Å². The van der Waals surface area contributed by atoms with Gasteiger partial charge in [0.1, 0.15) is 18.4 Å². The summed E-state index contributed by atoms with van der Waals surface area (Å²) in [5, 5.41) is 15.9. The maximum atomic E-state index is 12.4. The number of nitrogens with zero attached hydrogens (tertiary/aromatic N) is 6. The van der Waals surface area contributed by atoms with E-state index in [1.165, 1.54) is 12.4 Å². The molecule has 3 rings (SSSR count). The van der Waals surface area contributed by atoms with Crippen LogP contribution in [0.15, 0.2) is 24.8 Å². The predicted octanol–water partition coefficient (Wildman–Crippen LogP) is 0.924.